The molecule has 0 saturated heterocycles. The standard InChI is InChI=1S/C21H24FN5/c1-8-19(25-14(4)13(3)23-6)27-21-12(2)20(15(5)24-7)26-18-11-16(22)9-10-17(18)21/h8-11H,1,4H2,2-3,5-7H3,(H,25,26,27). The molecule has 0 atom stereocenters. The number of hydrogen-bond acceptors (Lipinski definition) is 4. The molecule has 0 amide bonds. The van der Waals surface area contributed by atoms with E-state index in [-0.39, 0.29) is 5.82 Å². The molecule has 2 aromatic rings. The van der Waals surface area contributed by atoms with Crippen molar-refractivity contribution in [1.29, 1.82) is 0 Å². The first-order chi connectivity index (χ1) is 12.8. The van der Waals surface area contributed by atoms with Crippen LogP contribution in [0.2, 0.25) is 0 Å². The summed E-state index contributed by atoms with van der Waals surface area (Å²) in [5.74, 6) is 0.163. The summed E-state index contributed by atoms with van der Waals surface area (Å²) in [7, 11) is 3.39. The zero-order valence-corrected chi connectivity index (χ0v) is 16.4. The van der Waals surface area contributed by atoms with Gasteiger partial charge in [-0.1, -0.05) is 13.2 Å². The second kappa shape index (κ2) is 8.49. The molecule has 0 aliphatic rings. The fourth-order valence-corrected chi connectivity index (χ4v) is 2.54. The van der Waals surface area contributed by atoms with Gasteiger partial charge in [-0.25, -0.2) is 14.4 Å². The Labute approximate surface area is 159 Å². The van der Waals surface area contributed by atoms with Crippen molar-refractivity contribution in [2.24, 2.45) is 15.0 Å². The summed E-state index contributed by atoms with van der Waals surface area (Å²) in [5, 5.41) is 3.86. The Kier molecular flexibility index (Phi) is 6.34. The largest absolute Gasteiger partial charge is 0.339 e. The number of nitrogens with zero attached hydrogens (tertiary/aromatic N) is 4. The molecule has 27 heavy (non-hydrogen) atoms. The minimum atomic E-state index is -0.351. The van der Waals surface area contributed by atoms with Crippen LogP contribution in [0.1, 0.15) is 25.1 Å². The predicted octanol–water partition coefficient (Wildman–Crippen LogP) is 4.53. The Hall–Kier alpha value is -3.15. The molecule has 0 fully saturated rings. The molecule has 0 unspecified atom stereocenters. The third-order valence-corrected chi connectivity index (χ3v) is 4.31. The lowest BCUT2D eigenvalue weighted by atomic mass is 10.0. The number of fused-ring (bicyclic) bond motifs is 1. The van der Waals surface area contributed by atoms with Gasteiger partial charge in [-0.15, -0.1) is 0 Å². The normalized spacial score (nSPS) is 13.0. The van der Waals surface area contributed by atoms with E-state index in [1.165, 1.54) is 12.1 Å². The third kappa shape index (κ3) is 4.34. The fraction of sp³-hybridized carbons (Fsp3) is 0.238. The van der Waals surface area contributed by atoms with Crippen LogP contribution < -0.4 is 5.32 Å². The van der Waals surface area contributed by atoms with Crippen LogP contribution in [-0.4, -0.2) is 36.3 Å². The van der Waals surface area contributed by atoms with Crippen molar-refractivity contribution in [3.63, 3.8) is 0 Å². The SMILES string of the molecule is C=CC(=Nc1c(C)c(C(C)=NC)nc2cc(F)ccc12)NC(=C)C(C)=NC. The van der Waals surface area contributed by atoms with Crippen molar-refractivity contribution < 1.29 is 4.39 Å². The summed E-state index contributed by atoms with van der Waals surface area (Å²) >= 11 is 0. The van der Waals surface area contributed by atoms with E-state index >= 15 is 0 Å². The van der Waals surface area contributed by atoms with Gasteiger partial charge in [0.1, 0.15) is 11.7 Å². The lowest BCUT2D eigenvalue weighted by Gasteiger charge is -2.14. The summed E-state index contributed by atoms with van der Waals surface area (Å²) in [6, 6.07) is 4.48. The summed E-state index contributed by atoms with van der Waals surface area (Å²) in [4.78, 5) is 17.6. The molecule has 6 heteroatoms. The van der Waals surface area contributed by atoms with Crippen LogP contribution in [0.3, 0.4) is 0 Å². The molecule has 1 aromatic heterocycles. The molecule has 0 radical (unpaired) electrons. The molecular formula is C21H24FN5. The van der Waals surface area contributed by atoms with Gasteiger partial charge in [0.05, 0.1) is 34.0 Å². The van der Waals surface area contributed by atoms with E-state index in [4.69, 9.17) is 4.99 Å². The number of aromatic nitrogens is 1. The third-order valence-electron chi connectivity index (χ3n) is 4.31. The number of benzene rings is 1. The maximum atomic E-state index is 13.8. The van der Waals surface area contributed by atoms with Gasteiger partial charge < -0.3 is 5.32 Å². The van der Waals surface area contributed by atoms with Crippen LogP contribution in [0.4, 0.5) is 10.1 Å². The van der Waals surface area contributed by atoms with E-state index in [9.17, 15) is 4.39 Å². The molecule has 2 rings (SSSR count). The van der Waals surface area contributed by atoms with Gasteiger partial charge in [-0.2, -0.15) is 0 Å². The fourth-order valence-electron chi connectivity index (χ4n) is 2.54. The van der Waals surface area contributed by atoms with Gasteiger partial charge >= 0.3 is 0 Å². The monoisotopic (exact) mass is 365 g/mol. The Bertz CT molecular complexity index is 999. The van der Waals surface area contributed by atoms with Crippen molar-refractivity contribution in [2.45, 2.75) is 20.8 Å². The Morgan fingerprint density at radius 1 is 1.22 bits per heavy atom. The van der Waals surface area contributed by atoms with Crippen molar-refractivity contribution in [3.05, 3.63) is 60.2 Å². The van der Waals surface area contributed by atoms with E-state index in [2.05, 4.69) is 33.4 Å². The molecule has 0 spiro atoms. The lowest BCUT2D eigenvalue weighted by molar-refractivity contribution is 0.629. The summed E-state index contributed by atoms with van der Waals surface area (Å²) in [6.45, 7) is 13.4. The molecule has 0 saturated carbocycles. The number of amidine groups is 1. The zero-order chi connectivity index (χ0) is 20.1. The Morgan fingerprint density at radius 2 is 1.93 bits per heavy atom. The minimum Gasteiger partial charge on any atom is -0.339 e. The molecule has 0 bridgehead atoms. The van der Waals surface area contributed by atoms with E-state index in [0.29, 0.717) is 28.4 Å². The van der Waals surface area contributed by atoms with E-state index in [1.54, 1.807) is 26.2 Å². The summed E-state index contributed by atoms with van der Waals surface area (Å²) in [6.07, 6.45) is 1.60. The van der Waals surface area contributed by atoms with Crippen LogP contribution in [0, 0.1) is 12.7 Å². The first kappa shape index (κ1) is 20.2. The Balaban J connectivity index is 2.73. The summed E-state index contributed by atoms with van der Waals surface area (Å²) < 4.78 is 13.8. The second-order valence-electron chi connectivity index (χ2n) is 6.02. The maximum absolute atomic E-state index is 13.8. The predicted molar refractivity (Wildman–Crippen MR) is 113 cm³/mol. The molecule has 5 nitrogen and oxygen atoms in total. The van der Waals surface area contributed by atoms with Crippen LogP contribution in [0.25, 0.3) is 10.9 Å². The van der Waals surface area contributed by atoms with Gasteiger partial charge in [-0.05, 0) is 39.0 Å². The first-order valence-corrected chi connectivity index (χ1v) is 8.46. The van der Waals surface area contributed by atoms with Crippen molar-refractivity contribution >= 4 is 33.8 Å². The molecular weight excluding hydrogens is 341 g/mol. The zero-order valence-electron chi connectivity index (χ0n) is 16.4. The van der Waals surface area contributed by atoms with Gasteiger partial charge in [0.25, 0.3) is 0 Å². The average Bonchev–Trinajstić information content (AvgIpc) is 2.67. The highest BCUT2D eigenvalue weighted by Gasteiger charge is 2.14. The molecule has 1 N–H and O–H groups in total. The Morgan fingerprint density at radius 3 is 2.52 bits per heavy atom. The number of hydrogen-bond donors (Lipinski definition) is 1. The molecule has 1 heterocycles. The highest BCUT2D eigenvalue weighted by atomic mass is 19.1. The van der Waals surface area contributed by atoms with Gasteiger partial charge in [-0.3, -0.25) is 9.98 Å². The number of rotatable bonds is 5. The van der Waals surface area contributed by atoms with Crippen molar-refractivity contribution in [3.8, 4) is 0 Å². The van der Waals surface area contributed by atoms with Crippen LogP contribution in [-0.2, 0) is 0 Å². The van der Waals surface area contributed by atoms with Crippen molar-refractivity contribution in [2.75, 3.05) is 14.1 Å². The molecule has 0 aliphatic carbocycles. The van der Waals surface area contributed by atoms with Crippen LogP contribution in [0.15, 0.2) is 58.1 Å². The average molecular weight is 365 g/mol. The van der Waals surface area contributed by atoms with E-state index < -0.39 is 0 Å². The van der Waals surface area contributed by atoms with Gasteiger partial charge in [0.2, 0.25) is 0 Å². The number of aliphatic imine (C=N–C) groups is 3. The number of nitrogens with one attached hydrogen (secondary N) is 1. The highest BCUT2D eigenvalue weighted by Crippen LogP contribution is 2.31. The van der Waals surface area contributed by atoms with E-state index in [0.717, 1.165) is 22.4 Å². The number of halogens is 1. The number of allylic oxidation sites excluding steroid dienone is 1. The maximum Gasteiger partial charge on any atom is 0.130 e. The summed E-state index contributed by atoms with van der Waals surface area (Å²) in [5.41, 5.74) is 4.88. The minimum absolute atomic E-state index is 0.351. The molecule has 140 valence electrons. The number of pyridine rings is 1. The molecule has 0 aliphatic heterocycles. The van der Waals surface area contributed by atoms with Crippen LogP contribution >= 0.6 is 0 Å². The smallest absolute Gasteiger partial charge is 0.130 e. The van der Waals surface area contributed by atoms with E-state index in [1.807, 2.05) is 20.8 Å². The quantitative estimate of drug-likeness (QED) is 0.625. The van der Waals surface area contributed by atoms with Gasteiger partial charge in [0, 0.05) is 31.1 Å². The first-order valence-electron chi connectivity index (χ1n) is 8.46. The van der Waals surface area contributed by atoms with Gasteiger partial charge in [0.15, 0.2) is 0 Å². The second-order valence-corrected chi connectivity index (χ2v) is 6.02. The topological polar surface area (TPSA) is 62.0 Å². The molecule has 1 aromatic carbocycles. The van der Waals surface area contributed by atoms with Crippen LogP contribution in [0.5, 0.6) is 0 Å². The van der Waals surface area contributed by atoms with Crippen molar-refractivity contribution in [1.82, 2.24) is 10.3 Å². The highest BCUT2D eigenvalue weighted by molar-refractivity contribution is 6.08. The lowest BCUT2D eigenvalue weighted by Crippen LogP contribution is -2.24.